The van der Waals surface area contributed by atoms with Crippen LogP contribution in [-0.2, 0) is 4.79 Å². The van der Waals surface area contributed by atoms with Crippen molar-refractivity contribution in [3.63, 3.8) is 0 Å². The number of hydrogen-bond acceptors (Lipinski definition) is 2. The minimum Gasteiger partial charge on any atom is -0.481 e. The minimum absolute atomic E-state index is 0.305. The van der Waals surface area contributed by atoms with Crippen LogP contribution in [0, 0.1) is 0 Å². The summed E-state index contributed by atoms with van der Waals surface area (Å²) < 4.78 is 2.38. The van der Waals surface area contributed by atoms with Crippen LogP contribution in [0.5, 0.6) is 0 Å². The molecule has 0 amide bonds. The maximum atomic E-state index is 10.2. The van der Waals surface area contributed by atoms with Crippen molar-refractivity contribution < 1.29 is 9.90 Å². The summed E-state index contributed by atoms with van der Waals surface area (Å²) in [5, 5.41) is 8.43. The SMILES string of the molecule is CN(CCCCC(=O)O)[Si](C)(C)C. The average molecular weight is 203 g/mol. The fourth-order valence-electron chi connectivity index (χ4n) is 0.961. The van der Waals surface area contributed by atoms with Gasteiger partial charge in [-0.05, 0) is 26.4 Å². The number of carbonyl (C=O) groups is 1. The lowest BCUT2D eigenvalue weighted by atomic mass is 10.2. The lowest BCUT2D eigenvalue weighted by molar-refractivity contribution is -0.137. The van der Waals surface area contributed by atoms with Gasteiger partial charge in [0.1, 0.15) is 8.24 Å². The summed E-state index contributed by atoms with van der Waals surface area (Å²) in [6, 6.07) is 0. The van der Waals surface area contributed by atoms with E-state index in [1.54, 1.807) is 0 Å². The van der Waals surface area contributed by atoms with E-state index in [0.717, 1.165) is 19.4 Å². The highest BCUT2D eigenvalue weighted by Crippen LogP contribution is 2.08. The summed E-state index contributed by atoms with van der Waals surface area (Å²) in [7, 11) is 0.980. The molecule has 3 nitrogen and oxygen atoms in total. The molecule has 0 aromatic carbocycles. The molecule has 0 bridgehead atoms. The third-order valence-corrected chi connectivity index (χ3v) is 4.79. The van der Waals surface area contributed by atoms with Crippen LogP contribution in [0.25, 0.3) is 0 Å². The fraction of sp³-hybridized carbons (Fsp3) is 0.889. The van der Waals surface area contributed by atoms with Gasteiger partial charge in [0.25, 0.3) is 0 Å². The van der Waals surface area contributed by atoms with E-state index < -0.39 is 14.2 Å². The van der Waals surface area contributed by atoms with Gasteiger partial charge in [0.05, 0.1) is 0 Å². The van der Waals surface area contributed by atoms with Crippen molar-refractivity contribution in [2.24, 2.45) is 0 Å². The molecule has 4 heteroatoms. The largest absolute Gasteiger partial charge is 0.481 e. The Morgan fingerprint density at radius 1 is 1.31 bits per heavy atom. The van der Waals surface area contributed by atoms with E-state index in [4.69, 9.17) is 5.11 Å². The summed E-state index contributed by atoms with van der Waals surface area (Å²) >= 11 is 0. The van der Waals surface area contributed by atoms with E-state index in [0.29, 0.717) is 6.42 Å². The van der Waals surface area contributed by atoms with Crippen LogP contribution in [0.4, 0.5) is 0 Å². The van der Waals surface area contributed by atoms with Gasteiger partial charge in [0.15, 0.2) is 0 Å². The average Bonchev–Trinajstić information content (AvgIpc) is 1.95. The molecule has 0 aliphatic rings. The van der Waals surface area contributed by atoms with Crippen LogP contribution in [0.3, 0.4) is 0 Å². The van der Waals surface area contributed by atoms with Crippen LogP contribution < -0.4 is 0 Å². The standard InChI is InChI=1S/C9H21NO2Si/c1-10(13(2,3)4)8-6-5-7-9(11)12/h5-8H2,1-4H3,(H,11,12). The zero-order valence-corrected chi connectivity index (χ0v) is 10.1. The van der Waals surface area contributed by atoms with Crippen LogP contribution in [0.2, 0.25) is 19.6 Å². The smallest absolute Gasteiger partial charge is 0.303 e. The fourth-order valence-corrected chi connectivity index (χ4v) is 1.79. The van der Waals surface area contributed by atoms with Gasteiger partial charge >= 0.3 is 5.97 Å². The van der Waals surface area contributed by atoms with E-state index in [1.165, 1.54) is 0 Å². The van der Waals surface area contributed by atoms with Gasteiger partial charge < -0.3 is 9.67 Å². The number of carboxylic acid groups (broad SMARTS) is 1. The van der Waals surface area contributed by atoms with Gasteiger partial charge in [-0.25, -0.2) is 0 Å². The Hall–Kier alpha value is -0.353. The number of aliphatic carboxylic acids is 1. The van der Waals surface area contributed by atoms with Crippen LogP contribution in [-0.4, -0.2) is 37.5 Å². The molecule has 13 heavy (non-hydrogen) atoms. The molecule has 0 aliphatic heterocycles. The Kier molecular flexibility index (Phi) is 5.25. The summed E-state index contributed by atoms with van der Waals surface area (Å²) in [5.41, 5.74) is 0. The first-order valence-corrected chi connectivity index (χ1v) is 8.22. The first-order chi connectivity index (χ1) is 5.84. The highest BCUT2D eigenvalue weighted by atomic mass is 28.3. The molecule has 0 fully saturated rings. The molecular formula is C9H21NO2Si. The minimum atomic E-state index is -1.15. The molecule has 0 aliphatic carbocycles. The molecule has 0 atom stereocenters. The Morgan fingerprint density at radius 2 is 1.85 bits per heavy atom. The van der Waals surface area contributed by atoms with Crippen molar-refractivity contribution in [1.82, 2.24) is 4.57 Å². The summed E-state index contributed by atoms with van der Waals surface area (Å²) in [6.07, 6.45) is 2.09. The topological polar surface area (TPSA) is 40.5 Å². The van der Waals surface area contributed by atoms with Gasteiger partial charge in [-0.15, -0.1) is 0 Å². The maximum absolute atomic E-state index is 10.2. The van der Waals surface area contributed by atoms with Crippen LogP contribution in [0.1, 0.15) is 19.3 Å². The third-order valence-electron chi connectivity index (χ3n) is 2.28. The van der Waals surface area contributed by atoms with E-state index >= 15 is 0 Å². The second-order valence-corrected chi connectivity index (χ2v) is 9.55. The van der Waals surface area contributed by atoms with E-state index in [-0.39, 0.29) is 0 Å². The van der Waals surface area contributed by atoms with E-state index in [2.05, 4.69) is 31.3 Å². The quantitative estimate of drug-likeness (QED) is 0.530. The number of rotatable bonds is 6. The van der Waals surface area contributed by atoms with Gasteiger partial charge in [0, 0.05) is 6.42 Å². The lowest BCUT2D eigenvalue weighted by Crippen LogP contribution is -2.43. The van der Waals surface area contributed by atoms with Gasteiger partial charge in [0.2, 0.25) is 0 Å². The Bertz CT molecular complexity index is 165. The number of nitrogens with zero attached hydrogens (tertiary/aromatic N) is 1. The molecule has 0 heterocycles. The zero-order chi connectivity index (χ0) is 10.5. The van der Waals surface area contributed by atoms with Gasteiger partial charge in [-0.2, -0.15) is 0 Å². The summed E-state index contributed by atoms with van der Waals surface area (Å²) in [5.74, 6) is -0.685. The normalized spacial score (nSPS) is 12.1. The van der Waals surface area contributed by atoms with Crippen molar-refractivity contribution >= 4 is 14.2 Å². The van der Waals surface area contributed by atoms with Crippen molar-refractivity contribution in [3.05, 3.63) is 0 Å². The number of carboxylic acids is 1. The molecule has 0 saturated heterocycles. The summed E-state index contributed by atoms with van der Waals surface area (Å²) in [4.78, 5) is 10.2. The van der Waals surface area contributed by atoms with E-state index in [9.17, 15) is 4.79 Å². The molecule has 0 aromatic rings. The lowest BCUT2D eigenvalue weighted by Gasteiger charge is -2.29. The monoisotopic (exact) mass is 203 g/mol. The molecular weight excluding hydrogens is 182 g/mol. The Balaban J connectivity index is 3.49. The van der Waals surface area contributed by atoms with Crippen molar-refractivity contribution in [3.8, 4) is 0 Å². The molecule has 0 unspecified atom stereocenters. The third kappa shape index (κ3) is 6.78. The molecule has 0 radical (unpaired) electrons. The second kappa shape index (κ2) is 5.39. The van der Waals surface area contributed by atoms with Crippen LogP contribution >= 0.6 is 0 Å². The summed E-state index contributed by atoms with van der Waals surface area (Å²) in [6.45, 7) is 7.92. The highest BCUT2D eigenvalue weighted by molar-refractivity contribution is 6.73. The van der Waals surface area contributed by atoms with Crippen molar-refractivity contribution in [1.29, 1.82) is 0 Å². The first-order valence-electron chi connectivity index (χ1n) is 4.77. The molecule has 0 spiro atoms. The highest BCUT2D eigenvalue weighted by Gasteiger charge is 2.18. The number of hydrogen-bond donors (Lipinski definition) is 1. The molecule has 0 aromatic heterocycles. The van der Waals surface area contributed by atoms with Crippen molar-refractivity contribution in [2.45, 2.75) is 38.9 Å². The molecule has 78 valence electrons. The van der Waals surface area contributed by atoms with E-state index in [1.807, 2.05) is 0 Å². The molecule has 1 N–H and O–H groups in total. The Labute approximate surface area is 81.8 Å². The predicted octanol–water partition coefficient (Wildman–Crippen LogP) is 2.01. The number of unbranched alkanes of at least 4 members (excludes halogenated alkanes) is 1. The zero-order valence-electron chi connectivity index (χ0n) is 9.13. The maximum Gasteiger partial charge on any atom is 0.303 e. The predicted molar refractivity (Wildman–Crippen MR) is 57.5 cm³/mol. The van der Waals surface area contributed by atoms with Gasteiger partial charge in [-0.1, -0.05) is 19.6 Å². The van der Waals surface area contributed by atoms with Gasteiger partial charge in [-0.3, -0.25) is 4.79 Å². The van der Waals surface area contributed by atoms with Crippen molar-refractivity contribution in [2.75, 3.05) is 13.6 Å². The molecule has 0 rings (SSSR count). The van der Waals surface area contributed by atoms with Crippen LogP contribution in [0.15, 0.2) is 0 Å². The second-order valence-electron chi connectivity index (χ2n) is 4.44. The molecule has 0 saturated carbocycles. The Morgan fingerprint density at radius 3 is 2.23 bits per heavy atom. The first kappa shape index (κ1) is 12.6.